The third-order valence-corrected chi connectivity index (χ3v) is 2.94. The van der Waals surface area contributed by atoms with Gasteiger partial charge >= 0.3 is 6.09 Å². The second-order valence-corrected chi connectivity index (χ2v) is 4.16. The minimum absolute atomic E-state index is 0.302. The molecule has 0 bridgehead atoms. The van der Waals surface area contributed by atoms with E-state index in [0.29, 0.717) is 0 Å². The average Bonchev–Trinajstić information content (AvgIpc) is 2.66. The van der Waals surface area contributed by atoms with Crippen LogP contribution in [-0.4, -0.2) is 22.9 Å². The highest BCUT2D eigenvalue weighted by Gasteiger charge is 2.42. The first-order valence-corrected chi connectivity index (χ1v) is 5.86. The van der Waals surface area contributed by atoms with E-state index in [9.17, 15) is 9.59 Å². The molecule has 0 aromatic heterocycles. The summed E-state index contributed by atoms with van der Waals surface area (Å²) in [6.07, 6.45) is 2.00. The molecule has 1 aliphatic rings. The quantitative estimate of drug-likeness (QED) is 0.752. The fourth-order valence-corrected chi connectivity index (χ4v) is 2.07. The number of ether oxygens (including phenoxy) is 1. The summed E-state index contributed by atoms with van der Waals surface area (Å²) >= 11 is 0. The molecule has 0 radical (unpaired) electrons. The lowest BCUT2D eigenvalue weighted by molar-refractivity contribution is -0.124. The second kappa shape index (κ2) is 5.04. The zero-order valence-corrected chi connectivity index (χ0v) is 10.4. The zero-order valence-electron chi connectivity index (χ0n) is 10.4. The maximum Gasteiger partial charge on any atom is 0.417 e. The standard InChI is InChI=1S/C14H15NO3/c1-3-7-12(16)15-10(2)13(18-14(15)17)11-8-5-4-6-9-11/h3-10,13H,1-2H3/t10-,13+/m0/s1. The molecule has 18 heavy (non-hydrogen) atoms. The first-order chi connectivity index (χ1) is 8.65. The van der Waals surface area contributed by atoms with E-state index in [1.165, 1.54) is 6.08 Å². The van der Waals surface area contributed by atoms with Gasteiger partial charge in [-0.25, -0.2) is 9.69 Å². The molecule has 4 heteroatoms. The smallest absolute Gasteiger partial charge is 0.417 e. The lowest BCUT2D eigenvalue weighted by Crippen LogP contribution is -2.36. The second-order valence-electron chi connectivity index (χ2n) is 4.16. The van der Waals surface area contributed by atoms with Gasteiger partial charge in [0.2, 0.25) is 0 Å². The summed E-state index contributed by atoms with van der Waals surface area (Å²) in [5.74, 6) is -0.339. The van der Waals surface area contributed by atoms with E-state index in [0.717, 1.165) is 10.5 Å². The maximum atomic E-state index is 11.8. The van der Waals surface area contributed by atoms with Gasteiger partial charge in [-0.15, -0.1) is 0 Å². The van der Waals surface area contributed by atoms with Crippen LogP contribution in [0.4, 0.5) is 4.79 Å². The molecule has 0 saturated carbocycles. The van der Waals surface area contributed by atoms with E-state index >= 15 is 0 Å². The number of benzene rings is 1. The van der Waals surface area contributed by atoms with Crippen molar-refractivity contribution in [1.82, 2.24) is 4.90 Å². The lowest BCUT2D eigenvalue weighted by atomic mass is 10.0. The van der Waals surface area contributed by atoms with Gasteiger partial charge in [0.15, 0.2) is 0 Å². The zero-order chi connectivity index (χ0) is 13.1. The Balaban J connectivity index is 2.24. The van der Waals surface area contributed by atoms with Crippen LogP contribution in [-0.2, 0) is 9.53 Å². The molecule has 0 spiro atoms. The summed E-state index contributed by atoms with van der Waals surface area (Å²) in [4.78, 5) is 24.7. The molecular weight excluding hydrogens is 230 g/mol. The lowest BCUT2D eigenvalue weighted by Gasteiger charge is -2.17. The third-order valence-electron chi connectivity index (χ3n) is 2.94. The number of hydrogen-bond donors (Lipinski definition) is 0. The number of imide groups is 1. The molecular formula is C14H15NO3. The first-order valence-electron chi connectivity index (χ1n) is 5.86. The van der Waals surface area contributed by atoms with Gasteiger partial charge in [0.1, 0.15) is 6.10 Å². The number of nitrogens with zero attached hydrogens (tertiary/aromatic N) is 1. The van der Waals surface area contributed by atoms with Crippen LogP contribution in [0.25, 0.3) is 0 Å². The molecule has 1 fully saturated rings. The minimum atomic E-state index is -0.584. The number of carbonyl (C=O) groups excluding carboxylic acids is 2. The van der Waals surface area contributed by atoms with Crippen molar-refractivity contribution in [3.8, 4) is 0 Å². The van der Waals surface area contributed by atoms with E-state index in [1.807, 2.05) is 37.3 Å². The van der Waals surface area contributed by atoms with Gasteiger partial charge in [0.25, 0.3) is 5.91 Å². The Kier molecular flexibility index (Phi) is 3.46. The predicted molar refractivity (Wildman–Crippen MR) is 66.8 cm³/mol. The van der Waals surface area contributed by atoms with Crippen LogP contribution < -0.4 is 0 Å². The molecule has 0 unspecified atom stereocenters. The molecule has 1 aromatic rings. The van der Waals surface area contributed by atoms with Crippen molar-refractivity contribution in [3.05, 3.63) is 48.0 Å². The molecule has 1 heterocycles. The van der Waals surface area contributed by atoms with E-state index in [-0.39, 0.29) is 11.9 Å². The molecule has 94 valence electrons. The van der Waals surface area contributed by atoms with Crippen LogP contribution >= 0.6 is 0 Å². The Morgan fingerprint density at radius 1 is 1.33 bits per heavy atom. The van der Waals surface area contributed by atoms with Gasteiger partial charge in [0, 0.05) is 0 Å². The van der Waals surface area contributed by atoms with E-state index in [1.54, 1.807) is 13.0 Å². The van der Waals surface area contributed by atoms with E-state index < -0.39 is 12.2 Å². The average molecular weight is 245 g/mol. The van der Waals surface area contributed by atoms with Crippen molar-refractivity contribution in [2.45, 2.75) is 26.0 Å². The van der Waals surface area contributed by atoms with E-state index in [2.05, 4.69) is 0 Å². The Bertz CT molecular complexity index is 481. The van der Waals surface area contributed by atoms with Gasteiger partial charge in [-0.3, -0.25) is 4.79 Å². The maximum absolute atomic E-state index is 11.8. The van der Waals surface area contributed by atoms with Crippen LogP contribution in [0.5, 0.6) is 0 Å². The Morgan fingerprint density at radius 3 is 2.61 bits per heavy atom. The van der Waals surface area contributed by atoms with Gasteiger partial charge < -0.3 is 4.74 Å². The summed E-state index contributed by atoms with van der Waals surface area (Å²) in [7, 11) is 0. The van der Waals surface area contributed by atoms with Crippen LogP contribution in [0.2, 0.25) is 0 Å². The Hall–Kier alpha value is -2.10. The highest BCUT2D eigenvalue weighted by atomic mass is 16.6. The molecule has 0 N–H and O–H groups in total. The minimum Gasteiger partial charge on any atom is -0.439 e. The third kappa shape index (κ3) is 2.14. The fourth-order valence-electron chi connectivity index (χ4n) is 2.07. The van der Waals surface area contributed by atoms with Crippen molar-refractivity contribution >= 4 is 12.0 Å². The molecule has 2 rings (SSSR count). The van der Waals surface area contributed by atoms with Crippen LogP contribution in [0, 0.1) is 0 Å². The van der Waals surface area contributed by atoms with Crippen LogP contribution in [0.1, 0.15) is 25.5 Å². The molecule has 2 atom stereocenters. The summed E-state index contributed by atoms with van der Waals surface area (Å²) in [6.45, 7) is 3.54. The molecule has 1 aromatic carbocycles. The molecule has 4 nitrogen and oxygen atoms in total. The van der Waals surface area contributed by atoms with Crippen LogP contribution in [0.15, 0.2) is 42.5 Å². The SMILES string of the molecule is CC=CC(=O)N1C(=O)O[C@@H](c2ccccc2)[C@@H]1C. The number of rotatable bonds is 2. The van der Waals surface area contributed by atoms with Crippen molar-refractivity contribution < 1.29 is 14.3 Å². The van der Waals surface area contributed by atoms with Gasteiger partial charge in [-0.1, -0.05) is 36.4 Å². The fraction of sp³-hybridized carbons (Fsp3) is 0.286. The van der Waals surface area contributed by atoms with Crippen molar-refractivity contribution in [2.24, 2.45) is 0 Å². The normalized spacial score (nSPS) is 23.4. The number of amides is 2. The summed E-state index contributed by atoms with van der Waals surface area (Å²) in [6, 6.07) is 9.13. The monoisotopic (exact) mass is 245 g/mol. The topological polar surface area (TPSA) is 46.6 Å². The van der Waals surface area contributed by atoms with Crippen molar-refractivity contribution in [3.63, 3.8) is 0 Å². The summed E-state index contributed by atoms with van der Waals surface area (Å²) in [5.41, 5.74) is 0.897. The number of allylic oxidation sites excluding steroid dienone is 1. The van der Waals surface area contributed by atoms with Crippen LogP contribution in [0.3, 0.4) is 0 Å². The van der Waals surface area contributed by atoms with Crippen molar-refractivity contribution in [2.75, 3.05) is 0 Å². The van der Waals surface area contributed by atoms with Gasteiger partial charge in [-0.2, -0.15) is 0 Å². The number of carbonyl (C=O) groups is 2. The van der Waals surface area contributed by atoms with E-state index in [4.69, 9.17) is 4.74 Å². The summed E-state index contributed by atoms with van der Waals surface area (Å²) in [5, 5.41) is 0. The van der Waals surface area contributed by atoms with Gasteiger partial charge in [0.05, 0.1) is 6.04 Å². The summed E-state index contributed by atoms with van der Waals surface area (Å²) < 4.78 is 5.27. The Labute approximate surface area is 106 Å². The molecule has 2 amide bonds. The molecule has 0 aliphatic carbocycles. The molecule has 1 saturated heterocycles. The number of hydrogen-bond acceptors (Lipinski definition) is 3. The van der Waals surface area contributed by atoms with Crippen molar-refractivity contribution in [1.29, 1.82) is 0 Å². The molecule has 1 aliphatic heterocycles. The highest BCUT2D eigenvalue weighted by Crippen LogP contribution is 2.32. The number of cyclic esters (lactones) is 1. The highest BCUT2D eigenvalue weighted by molar-refractivity contribution is 5.99. The first kappa shape index (κ1) is 12.4. The van der Waals surface area contributed by atoms with Gasteiger partial charge in [-0.05, 0) is 25.5 Å². The predicted octanol–water partition coefficient (Wildman–Crippen LogP) is 2.67. The Morgan fingerprint density at radius 2 is 2.00 bits per heavy atom. The largest absolute Gasteiger partial charge is 0.439 e.